The summed E-state index contributed by atoms with van der Waals surface area (Å²) in [6.07, 6.45) is 1.43. The molecular weight excluding hydrogens is 347 g/mol. The lowest BCUT2D eigenvalue weighted by molar-refractivity contribution is 0.0697. The van der Waals surface area contributed by atoms with Gasteiger partial charge >= 0.3 is 5.97 Å². The van der Waals surface area contributed by atoms with Crippen molar-refractivity contribution in [2.24, 2.45) is 0 Å². The van der Waals surface area contributed by atoms with Crippen LogP contribution in [0, 0.1) is 0 Å². The zero-order valence-corrected chi connectivity index (χ0v) is 12.6. The van der Waals surface area contributed by atoms with Crippen molar-refractivity contribution in [3.05, 3.63) is 39.3 Å². The first kappa shape index (κ1) is 15.0. The predicted octanol–water partition coefficient (Wildman–Crippen LogP) is 2.95. The van der Waals surface area contributed by atoms with E-state index in [9.17, 15) is 13.2 Å². The Labute approximate surface area is 128 Å². The summed E-state index contributed by atoms with van der Waals surface area (Å²) in [5.41, 5.74) is -0.463. The Morgan fingerprint density at radius 2 is 2.05 bits per heavy atom. The van der Waals surface area contributed by atoms with E-state index in [1.165, 1.54) is 6.20 Å². The first-order valence-electron chi connectivity index (χ1n) is 4.96. The van der Waals surface area contributed by atoms with E-state index in [2.05, 4.69) is 9.71 Å². The Morgan fingerprint density at radius 1 is 1.35 bits per heavy atom. The Hall–Kier alpha value is -1.35. The monoisotopic (exact) mass is 352 g/mol. The third-order valence-corrected chi connectivity index (χ3v) is 5.23. The number of nitrogens with one attached hydrogen (secondary N) is 1. The zero-order chi connectivity index (χ0) is 14.9. The summed E-state index contributed by atoms with van der Waals surface area (Å²) in [7, 11) is -4.04. The number of hydrogen-bond acceptors (Lipinski definition) is 5. The minimum absolute atomic E-state index is 0.143. The predicted molar refractivity (Wildman–Crippen MR) is 76.3 cm³/mol. The van der Waals surface area contributed by atoms with Crippen molar-refractivity contribution in [3.8, 4) is 0 Å². The molecule has 0 aliphatic heterocycles. The molecule has 106 valence electrons. The van der Waals surface area contributed by atoms with Crippen molar-refractivity contribution < 1.29 is 18.3 Å². The number of carboxylic acids is 1. The number of carbonyl (C=O) groups is 1. The third-order valence-electron chi connectivity index (χ3n) is 2.21. The molecule has 0 aliphatic carbocycles. The number of hydrogen-bond donors (Lipinski definition) is 2. The number of sulfonamides is 1. The van der Waals surface area contributed by atoms with E-state index in [1.54, 1.807) is 5.38 Å². The van der Waals surface area contributed by atoms with E-state index in [1.807, 2.05) is 0 Å². The Bertz CT molecular complexity index is 760. The summed E-state index contributed by atoms with van der Waals surface area (Å²) in [5, 5.41) is 10.1. The van der Waals surface area contributed by atoms with Crippen molar-refractivity contribution in [1.29, 1.82) is 0 Å². The van der Waals surface area contributed by atoms with E-state index in [-0.39, 0.29) is 15.0 Å². The third kappa shape index (κ3) is 2.88. The second-order valence-corrected chi connectivity index (χ2v) is 6.81. The molecule has 0 aliphatic rings. The zero-order valence-electron chi connectivity index (χ0n) is 9.50. The topological polar surface area (TPSA) is 96.4 Å². The normalized spacial score (nSPS) is 11.3. The van der Waals surface area contributed by atoms with E-state index in [0.29, 0.717) is 0 Å². The number of benzene rings is 1. The highest BCUT2D eigenvalue weighted by Crippen LogP contribution is 2.32. The first-order chi connectivity index (χ1) is 9.33. The van der Waals surface area contributed by atoms with Crippen LogP contribution in [0.1, 0.15) is 10.4 Å². The summed E-state index contributed by atoms with van der Waals surface area (Å²) in [5.74, 6) is -1.41. The summed E-state index contributed by atoms with van der Waals surface area (Å²) in [6, 6.07) is 2.29. The molecule has 0 spiro atoms. The fourth-order valence-electron chi connectivity index (χ4n) is 1.38. The van der Waals surface area contributed by atoms with Crippen LogP contribution in [0.4, 0.5) is 5.13 Å². The number of halogens is 2. The van der Waals surface area contributed by atoms with Gasteiger partial charge in [-0.05, 0) is 12.1 Å². The lowest BCUT2D eigenvalue weighted by Crippen LogP contribution is -2.14. The van der Waals surface area contributed by atoms with Crippen LogP contribution < -0.4 is 4.72 Å². The lowest BCUT2D eigenvalue weighted by atomic mass is 10.2. The van der Waals surface area contributed by atoms with Crippen molar-refractivity contribution in [2.45, 2.75) is 4.90 Å². The van der Waals surface area contributed by atoms with Crippen molar-refractivity contribution >= 4 is 55.7 Å². The SMILES string of the molecule is O=C(O)c1c(Cl)ccc(S(=O)(=O)Nc2nccs2)c1Cl. The van der Waals surface area contributed by atoms with Gasteiger partial charge in [0.2, 0.25) is 0 Å². The van der Waals surface area contributed by atoms with Gasteiger partial charge in [-0.15, -0.1) is 11.3 Å². The van der Waals surface area contributed by atoms with Gasteiger partial charge in [0, 0.05) is 11.6 Å². The standard InChI is InChI=1S/C10H6Cl2N2O4S2/c11-5-1-2-6(8(12)7(5)9(15)16)20(17,18)14-10-13-3-4-19-10/h1-4H,(H,13,14)(H,15,16). The number of carboxylic acid groups (broad SMARTS) is 1. The molecule has 2 aromatic rings. The molecule has 20 heavy (non-hydrogen) atoms. The molecule has 1 aromatic carbocycles. The van der Waals surface area contributed by atoms with Gasteiger partial charge in [-0.25, -0.2) is 18.2 Å². The van der Waals surface area contributed by atoms with E-state index < -0.39 is 26.6 Å². The van der Waals surface area contributed by atoms with Crippen LogP contribution in [0.5, 0.6) is 0 Å². The summed E-state index contributed by atoms with van der Waals surface area (Å²) in [4.78, 5) is 14.4. The molecule has 0 atom stereocenters. The molecule has 0 fully saturated rings. The maximum atomic E-state index is 12.1. The number of nitrogens with zero attached hydrogens (tertiary/aromatic N) is 1. The first-order valence-corrected chi connectivity index (χ1v) is 8.08. The summed E-state index contributed by atoms with van der Waals surface area (Å²) < 4.78 is 26.5. The van der Waals surface area contributed by atoms with Gasteiger partial charge in [0.1, 0.15) is 4.90 Å². The molecule has 1 aromatic heterocycles. The molecule has 0 bridgehead atoms. The van der Waals surface area contributed by atoms with Crippen LogP contribution in [-0.4, -0.2) is 24.5 Å². The van der Waals surface area contributed by atoms with Crippen LogP contribution in [0.25, 0.3) is 0 Å². The van der Waals surface area contributed by atoms with Gasteiger partial charge in [-0.1, -0.05) is 23.2 Å². The highest BCUT2D eigenvalue weighted by Gasteiger charge is 2.25. The van der Waals surface area contributed by atoms with E-state index >= 15 is 0 Å². The maximum Gasteiger partial charge on any atom is 0.338 e. The highest BCUT2D eigenvalue weighted by molar-refractivity contribution is 7.93. The van der Waals surface area contributed by atoms with Crippen LogP contribution in [-0.2, 0) is 10.0 Å². The van der Waals surface area contributed by atoms with Crippen LogP contribution in [0.15, 0.2) is 28.6 Å². The van der Waals surface area contributed by atoms with Gasteiger partial charge < -0.3 is 5.11 Å². The molecule has 2 rings (SSSR count). The quantitative estimate of drug-likeness (QED) is 0.881. The minimum atomic E-state index is -4.04. The molecule has 0 radical (unpaired) electrons. The van der Waals surface area contributed by atoms with Gasteiger partial charge in [-0.2, -0.15) is 0 Å². The second-order valence-electron chi connectivity index (χ2n) is 3.48. The largest absolute Gasteiger partial charge is 0.478 e. The number of aromatic carboxylic acids is 1. The summed E-state index contributed by atoms with van der Waals surface area (Å²) in [6.45, 7) is 0. The summed E-state index contributed by atoms with van der Waals surface area (Å²) >= 11 is 12.6. The molecule has 0 saturated carbocycles. The number of aromatic nitrogens is 1. The molecular formula is C10H6Cl2N2O4S2. The second kappa shape index (κ2) is 5.57. The van der Waals surface area contributed by atoms with Crippen LogP contribution in [0.3, 0.4) is 0 Å². The molecule has 1 heterocycles. The lowest BCUT2D eigenvalue weighted by Gasteiger charge is -2.10. The number of anilines is 1. The average Bonchev–Trinajstić information content (AvgIpc) is 2.79. The number of rotatable bonds is 4. The fourth-order valence-corrected chi connectivity index (χ4v) is 4.09. The highest BCUT2D eigenvalue weighted by atomic mass is 35.5. The maximum absolute atomic E-state index is 12.1. The van der Waals surface area contributed by atoms with Crippen LogP contribution >= 0.6 is 34.5 Å². The van der Waals surface area contributed by atoms with Crippen molar-refractivity contribution in [1.82, 2.24) is 4.98 Å². The van der Waals surface area contributed by atoms with Gasteiger partial charge in [0.25, 0.3) is 10.0 Å². The van der Waals surface area contributed by atoms with Crippen LogP contribution in [0.2, 0.25) is 10.0 Å². The Morgan fingerprint density at radius 3 is 2.60 bits per heavy atom. The van der Waals surface area contributed by atoms with Gasteiger partial charge in [0.15, 0.2) is 5.13 Å². The molecule has 0 unspecified atom stereocenters. The molecule has 0 saturated heterocycles. The number of thiazole rings is 1. The van der Waals surface area contributed by atoms with Crippen molar-refractivity contribution in [2.75, 3.05) is 4.72 Å². The molecule has 0 amide bonds. The fraction of sp³-hybridized carbons (Fsp3) is 0. The van der Waals surface area contributed by atoms with E-state index in [0.717, 1.165) is 23.5 Å². The smallest absolute Gasteiger partial charge is 0.338 e. The van der Waals surface area contributed by atoms with Gasteiger partial charge in [0.05, 0.1) is 15.6 Å². The minimum Gasteiger partial charge on any atom is -0.478 e. The van der Waals surface area contributed by atoms with Crippen molar-refractivity contribution in [3.63, 3.8) is 0 Å². The average molecular weight is 353 g/mol. The molecule has 6 nitrogen and oxygen atoms in total. The van der Waals surface area contributed by atoms with E-state index in [4.69, 9.17) is 28.3 Å². The Kier molecular flexibility index (Phi) is 4.19. The molecule has 2 N–H and O–H groups in total. The molecule has 10 heteroatoms. The van der Waals surface area contributed by atoms with Gasteiger partial charge in [-0.3, -0.25) is 4.72 Å². The Balaban J connectivity index is 2.53.